The first-order valence-electron chi connectivity index (χ1n) is 5.05. The molecule has 0 bridgehead atoms. The van der Waals surface area contributed by atoms with E-state index in [4.69, 9.17) is 9.84 Å². The molecule has 0 spiro atoms. The fourth-order valence-electron chi connectivity index (χ4n) is 1.11. The van der Waals surface area contributed by atoms with Crippen molar-refractivity contribution < 1.29 is 19.4 Å². The van der Waals surface area contributed by atoms with Crippen LogP contribution in [0.5, 0.6) is 0 Å². The zero-order valence-corrected chi connectivity index (χ0v) is 10.8. The molecule has 0 aliphatic heterocycles. The van der Waals surface area contributed by atoms with Gasteiger partial charge in [-0.15, -0.1) is 11.3 Å². The Morgan fingerprint density at radius 2 is 2.12 bits per heavy atom. The van der Waals surface area contributed by atoms with Crippen molar-refractivity contribution in [3.8, 4) is 0 Å². The van der Waals surface area contributed by atoms with E-state index in [0.29, 0.717) is 5.00 Å². The lowest BCUT2D eigenvalue weighted by atomic mass is 10.2. The average Bonchev–Trinajstić information content (AvgIpc) is 2.63. The molecule has 0 unspecified atom stereocenters. The number of carbonyl (C=O) groups is 2. The minimum absolute atomic E-state index is 0.407. The zero-order chi connectivity index (χ0) is 13.1. The Labute approximate surface area is 104 Å². The Hall–Kier alpha value is -1.56. The maximum absolute atomic E-state index is 11.8. The lowest BCUT2D eigenvalue weighted by molar-refractivity contribution is -0.135. The third-order valence-corrected chi connectivity index (χ3v) is 2.57. The molecule has 1 heterocycles. The van der Waals surface area contributed by atoms with E-state index in [1.165, 1.54) is 11.3 Å². The molecule has 0 fully saturated rings. The van der Waals surface area contributed by atoms with Gasteiger partial charge < -0.3 is 9.84 Å². The summed E-state index contributed by atoms with van der Waals surface area (Å²) in [5, 5.41) is 11.1. The molecule has 0 saturated carbocycles. The highest BCUT2D eigenvalue weighted by Crippen LogP contribution is 2.23. The highest BCUT2D eigenvalue weighted by Gasteiger charge is 2.25. The van der Waals surface area contributed by atoms with E-state index in [1.54, 1.807) is 38.3 Å². The summed E-state index contributed by atoms with van der Waals surface area (Å²) in [6, 6.07) is 3.43. The number of carboxylic acid groups (broad SMARTS) is 1. The summed E-state index contributed by atoms with van der Waals surface area (Å²) in [6.45, 7) is 4.80. The maximum Gasteiger partial charge on any atom is 0.415 e. The van der Waals surface area contributed by atoms with E-state index >= 15 is 0 Å². The summed E-state index contributed by atoms with van der Waals surface area (Å²) >= 11 is 1.29. The van der Waals surface area contributed by atoms with E-state index < -0.39 is 24.2 Å². The average molecular weight is 257 g/mol. The minimum Gasteiger partial charge on any atom is -0.480 e. The number of thiophene rings is 1. The standard InChI is InChI=1S/C11H15NO4S/c1-11(2,3)16-10(15)12(7-9(13)14)8-5-4-6-17-8/h4-6H,7H2,1-3H3,(H,13,14). The van der Waals surface area contributed by atoms with E-state index in [1.807, 2.05) is 0 Å². The topological polar surface area (TPSA) is 66.8 Å². The van der Waals surface area contributed by atoms with Crippen LogP contribution in [0.3, 0.4) is 0 Å². The predicted molar refractivity (Wildman–Crippen MR) is 65.5 cm³/mol. The number of carboxylic acids is 1. The predicted octanol–water partition coefficient (Wildman–Crippen LogP) is 2.57. The summed E-state index contributed by atoms with van der Waals surface area (Å²) in [6.07, 6.45) is -0.651. The molecule has 1 amide bonds. The van der Waals surface area contributed by atoms with Crippen LogP contribution in [-0.4, -0.2) is 29.3 Å². The van der Waals surface area contributed by atoms with Crippen molar-refractivity contribution in [3.05, 3.63) is 17.5 Å². The van der Waals surface area contributed by atoms with Crippen molar-refractivity contribution in [3.63, 3.8) is 0 Å². The van der Waals surface area contributed by atoms with E-state index in [0.717, 1.165) is 4.90 Å². The monoisotopic (exact) mass is 257 g/mol. The van der Waals surface area contributed by atoms with Gasteiger partial charge in [-0.05, 0) is 38.3 Å². The zero-order valence-electron chi connectivity index (χ0n) is 9.97. The van der Waals surface area contributed by atoms with Gasteiger partial charge in [-0.2, -0.15) is 0 Å². The van der Waals surface area contributed by atoms with Crippen molar-refractivity contribution >= 4 is 28.4 Å². The Balaban J connectivity index is 2.84. The Morgan fingerprint density at radius 1 is 1.47 bits per heavy atom. The minimum atomic E-state index is -1.08. The van der Waals surface area contributed by atoms with Crippen molar-refractivity contribution in [2.75, 3.05) is 11.4 Å². The molecule has 94 valence electrons. The van der Waals surface area contributed by atoms with Gasteiger partial charge >= 0.3 is 12.1 Å². The number of ether oxygens (including phenoxy) is 1. The number of rotatable bonds is 3. The van der Waals surface area contributed by atoms with Crippen molar-refractivity contribution in [1.29, 1.82) is 0 Å². The molecule has 0 radical (unpaired) electrons. The number of carbonyl (C=O) groups excluding carboxylic acids is 1. The lowest BCUT2D eigenvalue weighted by Gasteiger charge is -2.25. The number of hydrogen-bond donors (Lipinski definition) is 1. The van der Waals surface area contributed by atoms with Gasteiger partial charge in [0.2, 0.25) is 0 Å². The summed E-state index contributed by atoms with van der Waals surface area (Å²) < 4.78 is 5.15. The normalized spacial score (nSPS) is 11.0. The van der Waals surface area contributed by atoms with Crippen LogP contribution in [0.15, 0.2) is 17.5 Å². The summed E-state index contributed by atoms with van der Waals surface area (Å²) in [7, 11) is 0. The second-order valence-corrected chi connectivity index (χ2v) is 5.34. The number of nitrogens with zero attached hydrogens (tertiary/aromatic N) is 1. The number of hydrogen-bond acceptors (Lipinski definition) is 4. The highest BCUT2D eigenvalue weighted by atomic mass is 32.1. The van der Waals surface area contributed by atoms with Gasteiger partial charge in [-0.25, -0.2) is 4.79 Å². The molecule has 1 rings (SSSR count). The molecule has 0 saturated heterocycles. The first kappa shape index (κ1) is 13.5. The van der Waals surface area contributed by atoms with Crippen molar-refractivity contribution in [2.24, 2.45) is 0 Å². The van der Waals surface area contributed by atoms with E-state index in [-0.39, 0.29) is 0 Å². The van der Waals surface area contributed by atoms with Crippen LogP contribution in [0.2, 0.25) is 0 Å². The first-order valence-corrected chi connectivity index (χ1v) is 5.93. The van der Waals surface area contributed by atoms with Gasteiger partial charge in [0.1, 0.15) is 17.1 Å². The van der Waals surface area contributed by atoms with Crippen molar-refractivity contribution in [2.45, 2.75) is 26.4 Å². The summed E-state index contributed by atoms with van der Waals surface area (Å²) in [5.41, 5.74) is -0.648. The Morgan fingerprint density at radius 3 is 2.53 bits per heavy atom. The Kier molecular flexibility index (Phi) is 4.11. The Bertz CT molecular complexity index is 394. The van der Waals surface area contributed by atoms with Crippen LogP contribution in [0.25, 0.3) is 0 Å². The van der Waals surface area contributed by atoms with E-state index in [2.05, 4.69) is 0 Å². The number of anilines is 1. The van der Waals surface area contributed by atoms with Crippen LogP contribution < -0.4 is 4.90 Å². The van der Waals surface area contributed by atoms with Crippen LogP contribution in [-0.2, 0) is 9.53 Å². The molecule has 17 heavy (non-hydrogen) atoms. The fourth-order valence-corrected chi connectivity index (χ4v) is 1.83. The summed E-state index contributed by atoms with van der Waals surface area (Å²) in [5.74, 6) is -1.08. The second kappa shape index (κ2) is 5.18. The summed E-state index contributed by atoms with van der Waals surface area (Å²) in [4.78, 5) is 23.7. The number of aliphatic carboxylic acids is 1. The van der Waals surface area contributed by atoms with Gasteiger partial charge in [0.05, 0.1) is 0 Å². The molecule has 0 aromatic carbocycles. The second-order valence-electron chi connectivity index (χ2n) is 4.41. The fraction of sp³-hybridized carbons (Fsp3) is 0.455. The van der Waals surface area contributed by atoms with Gasteiger partial charge in [-0.1, -0.05) is 0 Å². The third-order valence-electron chi connectivity index (χ3n) is 1.68. The number of amides is 1. The smallest absolute Gasteiger partial charge is 0.415 e. The quantitative estimate of drug-likeness (QED) is 0.903. The molecule has 0 atom stereocenters. The maximum atomic E-state index is 11.8. The van der Waals surface area contributed by atoms with E-state index in [9.17, 15) is 9.59 Å². The molecule has 1 aromatic heterocycles. The molecule has 0 aliphatic carbocycles. The molecular weight excluding hydrogens is 242 g/mol. The van der Waals surface area contributed by atoms with Gasteiger partial charge in [0.25, 0.3) is 0 Å². The first-order chi connectivity index (χ1) is 7.79. The van der Waals surface area contributed by atoms with Gasteiger partial charge in [0, 0.05) is 0 Å². The molecule has 6 heteroatoms. The SMILES string of the molecule is CC(C)(C)OC(=O)N(CC(=O)O)c1cccs1. The third kappa shape index (κ3) is 4.44. The lowest BCUT2D eigenvalue weighted by Crippen LogP contribution is -2.39. The van der Waals surface area contributed by atoms with Crippen LogP contribution in [0, 0.1) is 0 Å². The molecule has 1 aromatic rings. The molecule has 0 aliphatic rings. The van der Waals surface area contributed by atoms with Crippen molar-refractivity contribution in [1.82, 2.24) is 0 Å². The van der Waals surface area contributed by atoms with Crippen LogP contribution >= 0.6 is 11.3 Å². The van der Waals surface area contributed by atoms with Gasteiger partial charge in [0.15, 0.2) is 0 Å². The largest absolute Gasteiger partial charge is 0.480 e. The highest BCUT2D eigenvalue weighted by molar-refractivity contribution is 7.14. The van der Waals surface area contributed by atoms with Gasteiger partial charge in [-0.3, -0.25) is 9.69 Å². The molecule has 5 nitrogen and oxygen atoms in total. The van der Waals surface area contributed by atoms with Crippen LogP contribution in [0.4, 0.5) is 9.80 Å². The molecular formula is C11H15NO4S. The van der Waals surface area contributed by atoms with Crippen LogP contribution in [0.1, 0.15) is 20.8 Å². The molecule has 1 N–H and O–H groups in total.